The average Bonchev–Trinajstić information content (AvgIpc) is 2.75. The third-order valence-electron chi connectivity index (χ3n) is 5.00. The maximum atomic E-state index is 12.3. The van der Waals surface area contributed by atoms with Gasteiger partial charge in [-0.25, -0.2) is 4.79 Å². The van der Waals surface area contributed by atoms with Crippen LogP contribution < -0.4 is 20.1 Å². The third kappa shape index (κ3) is 7.21. The van der Waals surface area contributed by atoms with Crippen LogP contribution in [0.3, 0.4) is 0 Å². The molecule has 1 fully saturated rings. The molecule has 3 N–H and O–H groups in total. The molecule has 9 heteroatoms. The first-order chi connectivity index (χ1) is 15.0. The zero-order valence-corrected chi connectivity index (χ0v) is 19.2. The third-order valence-corrected chi connectivity index (χ3v) is 6.43. The molecule has 0 saturated carbocycles. The van der Waals surface area contributed by atoms with Gasteiger partial charge in [0.25, 0.3) is 0 Å². The van der Waals surface area contributed by atoms with Crippen molar-refractivity contribution in [3.8, 4) is 11.5 Å². The maximum Gasteiger partial charge on any atom is 0.319 e. The Kier molecular flexibility index (Phi) is 8.71. The minimum absolute atomic E-state index is 0.119. The zero-order chi connectivity index (χ0) is 22.2. The first-order valence-corrected chi connectivity index (χ1v) is 11.3. The van der Waals surface area contributed by atoms with Crippen molar-refractivity contribution in [1.82, 2.24) is 10.2 Å². The van der Waals surface area contributed by atoms with E-state index in [9.17, 15) is 9.90 Å². The molecule has 0 radical (unpaired) electrons. The van der Waals surface area contributed by atoms with Crippen molar-refractivity contribution >= 4 is 35.1 Å². The van der Waals surface area contributed by atoms with Gasteiger partial charge in [-0.15, -0.1) is 11.8 Å². The minimum atomic E-state index is -0.380. The Labute approximate surface area is 192 Å². The number of aliphatic hydroxyl groups is 1. The molecule has 0 spiro atoms. The number of likely N-dealkylation sites (tertiary alicyclic amines) is 1. The summed E-state index contributed by atoms with van der Waals surface area (Å²) in [5, 5.41) is 16.5. The Balaban J connectivity index is 1.39. The van der Waals surface area contributed by atoms with Gasteiger partial charge >= 0.3 is 6.03 Å². The summed E-state index contributed by atoms with van der Waals surface area (Å²) in [5.41, 5.74) is 0.551. The van der Waals surface area contributed by atoms with E-state index in [1.807, 2.05) is 36.0 Å². The number of halogens is 1. The van der Waals surface area contributed by atoms with Gasteiger partial charge in [0.15, 0.2) is 0 Å². The number of nitrogens with one attached hydrogen (secondary N) is 2. The van der Waals surface area contributed by atoms with Crippen molar-refractivity contribution in [2.45, 2.75) is 22.6 Å². The number of rotatable bonds is 10. The first kappa shape index (κ1) is 23.5. The number of ether oxygens (including phenoxy) is 2. The molecular weight excluding hydrogens is 438 g/mol. The number of hydrogen-bond acceptors (Lipinski definition) is 6. The smallest absolute Gasteiger partial charge is 0.319 e. The van der Waals surface area contributed by atoms with Crippen LogP contribution in [0.5, 0.6) is 11.5 Å². The highest BCUT2D eigenvalue weighted by Gasteiger charge is 2.27. The van der Waals surface area contributed by atoms with Crippen LogP contribution in [0, 0.1) is 0 Å². The summed E-state index contributed by atoms with van der Waals surface area (Å²) >= 11 is 7.78. The van der Waals surface area contributed by atoms with E-state index in [1.54, 1.807) is 32.4 Å². The number of urea groups is 1. The molecule has 0 unspecified atom stereocenters. The standard InChI is InChI=1S/C22H28ClN3O4S/c1-29-18-9-17(10-19(11-18)30-2)25-22(28)24-16(14-27)7-8-26-12-21(13-26)31-20-5-3-15(23)4-6-20/h3-6,9-11,16,21,27H,7-8,12-14H2,1-2H3,(H2,24,25,28)/t16-/m0/s1. The highest BCUT2D eigenvalue weighted by molar-refractivity contribution is 8.00. The molecule has 1 atom stereocenters. The predicted molar refractivity (Wildman–Crippen MR) is 125 cm³/mol. The average molecular weight is 466 g/mol. The Morgan fingerprint density at radius 1 is 1.19 bits per heavy atom. The lowest BCUT2D eigenvalue weighted by Crippen LogP contribution is -2.51. The highest BCUT2D eigenvalue weighted by Crippen LogP contribution is 2.30. The lowest BCUT2D eigenvalue weighted by Gasteiger charge is -2.39. The molecule has 1 aliphatic heterocycles. The molecule has 0 bridgehead atoms. The molecule has 2 amide bonds. The largest absolute Gasteiger partial charge is 0.497 e. The van der Waals surface area contributed by atoms with Crippen molar-refractivity contribution in [3.63, 3.8) is 0 Å². The minimum Gasteiger partial charge on any atom is -0.497 e. The molecule has 31 heavy (non-hydrogen) atoms. The van der Waals surface area contributed by atoms with Crippen molar-refractivity contribution in [3.05, 3.63) is 47.5 Å². The van der Waals surface area contributed by atoms with Gasteiger partial charge < -0.3 is 30.1 Å². The highest BCUT2D eigenvalue weighted by atomic mass is 35.5. The second kappa shape index (κ2) is 11.5. The van der Waals surface area contributed by atoms with Gasteiger partial charge in [0.2, 0.25) is 0 Å². The zero-order valence-electron chi connectivity index (χ0n) is 17.6. The molecule has 168 valence electrons. The SMILES string of the molecule is COc1cc(NC(=O)N[C@H](CO)CCN2CC(Sc3ccc(Cl)cc3)C2)cc(OC)c1. The fourth-order valence-corrected chi connectivity index (χ4v) is 4.64. The van der Waals surface area contributed by atoms with Gasteiger partial charge in [-0.1, -0.05) is 11.6 Å². The molecule has 2 aromatic rings. The normalized spacial score (nSPS) is 15.1. The first-order valence-electron chi connectivity index (χ1n) is 10.0. The van der Waals surface area contributed by atoms with Crippen molar-refractivity contribution in [2.75, 3.05) is 45.8 Å². The topological polar surface area (TPSA) is 83.1 Å². The Morgan fingerprint density at radius 2 is 1.84 bits per heavy atom. The fourth-order valence-electron chi connectivity index (χ4n) is 3.26. The molecule has 7 nitrogen and oxygen atoms in total. The van der Waals surface area contributed by atoms with Crippen LogP contribution in [0.4, 0.5) is 10.5 Å². The van der Waals surface area contributed by atoms with E-state index < -0.39 is 0 Å². The number of aliphatic hydroxyl groups excluding tert-OH is 1. The number of nitrogens with zero attached hydrogens (tertiary/aromatic N) is 1. The van der Waals surface area contributed by atoms with Crippen LogP contribution in [0.2, 0.25) is 5.02 Å². The summed E-state index contributed by atoms with van der Waals surface area (Å²) in [4.78, 5) is 15.9. The van der Waals surface area contributed by atoms with E-state index in [0.29, 0.717) is 28.9 Å². The quantitative estimate of drug-likeness (QED) is 0.496. The lowest BCUT2D eigenvalue weighted by atomic mass is 10.1. The number of thioether (sulfide) groups is 1. The summed E-state index contributed by atoms with van der Waals surface area (Å²) in [6.45, 7) is 2.67. The molecule has 0 aliphatic carbocycles. The molecule has 3 rings (SSSR count). The second-order valence-electron chi connectivity index (χ2n) is 7.32. The van der Waals surface area contributed by atoms with E-state index in [-0.39, 0.29) is 18.7 Å². The van der Waals surface area contributed by atoms with Crippen LogP contribution in [0.25, 0.3) is 0 Å². The van der Waals surface area contributed by atoms with Crippen molar-refractivity contribution in [1.29, 1.82) is 0 Å². The van der Waals surface area contributed by atoms with Gasteiger partial charge in [0.05, 0.1) is 26.9 Å². The Bertz CT molecular complexity index is 840. The monoisotopic (exact) mass is 465 g/mol. The number of anilines is 1. The second-order valence-corrected chi connectivity index (χ2v) is 9.13. The number of carbonyl (C=O) groups is 1. The number of carbonyl (C=O) groups excluding carboxylic acids is 1. The van der Waals surface area contributed by atoms with E-state index in [4.69, 9.17) is 21.1 Å². The summed E-state index contributed by atoms with van der Waals surface area (Å²) in [6.07, 6.45) is 0.670. The van der Waals surface area contributed by atoms with Gasteiger partial charge in [0, 0.05) is 58.7 Å². The van der Waals surface area contributed by atoms with Crippen LogP contribution in [0.15, 0.2) is 47.4 Å². The van der Waals surface area contributed by atoms with Crippen LogP contribution in [0.1, 0.15) is 6.42 Å². The van der Waals surface area contributed by atoms with E-state index >= 15 is 0 Å². The van der Waals surface area contributed by atoms with Crippen molar-refractivity contribution < 1.29 is 19.4 Å². The summed E-state index contributed by atoms with van der Waals surface area (Å²) in [5.74, 6) is 1.16. The number of hydrogen-bond donors (Lipinski definition) is 3. The van der Waals surface area contributed by atoms with E-state index in [2.05, 4.69) is 15.5 Å². The van der Waals surface area contributed by atoms with E-state index in [1.165, 1.54) is 4.90 Å². The summed E-state index contributed by atoms with van der Waals surface area (Å²) in [6, 6.07) is 12.3. The van der Waals surface area contributed by atoms with Gasteiger partial charge in [-0.05, 0) is 30.7 Å². The van der Waals surface area contributed by atoms with Gasteiger partial charge in [-0.2, -0.15) is 0 Å². The summed E-state index contributed by atoms with van der Waals surface area (Å²) < 4.78 is 10.4. The van der Waals surface area contributed by atoms with Crippen LogP contribution >= 0.6 is 23.4 Å². The Hall–Kier alpha value is -2.13. The Morgan fingerprint density at radius 3 is 2.42 bits per heavy atom. The molecule has 1 aliphatic rings. The molecule has 2 aromatic carbocycles. The predicted octanol–water partition coefficient (Wildman–Crippen LogP) is 3.71. The number of methoxy groups -OCH3 is 2. The molecular formula is C22H28ClN3O4S. The number of benzene rings is 2. The summed E-state index contributed by atoms with van der Waals surface area (Å²) in [7, 11) is 3.10. The lowest BCUT2D eigenvalue weighted by molar-refractivity contribution is 0.164. The fraction of sp³-hybridized carbons (Fsp3) is 0.409. The molecule has 1 heterocycles. The van der Waals surface area contributed by atoms with Crippen LogP contribution in [-0.4, -0.2) is 67.8 Å². The van der Waals surface area contributed by atoms with Gasteiger partial charge in [0.1, 0.15) is 11.5 Å². The van der Waals surface area contributed by atoms with Gasteiger partial charge in [-0.3, -0.25) is 0 Å². The van der Waals surface area contributed by atoms with Crippen molar-refractivity contribution in [2.24, 2.45) is 0 Å². The molecule has 0 aromatic heterocycles. The van der Waals surface area contributed by atoms with Crippen LogP contribution in [-0.2, 0) is 0 Å². The maximum absolute atomic E-state index is 12.3. The molecule has 1 saturated heterocycles. The van der Waals surface area contributed by atoms with E-state index in [0.717, 1.165) is 24.7 Å². The number of amides is 2.